The summed E-state index contributed by atoms with van der Waals surface area (Å²) < 4.78 is 69.4. The second kappa shape index (κ2) is 20.9. The molecule has 21 heteroatoms. The number of rotatable bonds is 11. The quantitative estimate of drug-likeness (QED) is 0.0824. The van der Waals surface area contributed by atoms with Gasteiger partial charge in [-0.2, -0.15) is 34.8 Å². The molecule has 2 aromatic heterocycles. The van der Waals surface area contributed by atoms with Crippen molar-refractivity contribution in [2.45, 2.75) is 16.7 Å². The SMILES string of the molecule is Cc1c(C#N)c(Nc2ccc(S(=O)(=O)[O-])cc2)nc(Nc2ccc(S(=O)(=O)[O-])cc2)c1N=Nc1sc(N=Nc2ccc3c[c-]ccc3c2)c(-c2ccc3ccccc3c2)c1C#N.[Li+].[Li+].[Li+]. The maximum absolute atomic E-state index is 11.6. The molecule has 0 spiro atoms. The topological polar surface area (TPSA) is 248 Å². The average molecular weight is 894 g/mol. The molecule has 0 aliphatic rings. The van der Waals surface area contributed by atoms with Crippen LogP contribution in [0.3, 0.4) is 0 Å². The molecule has 0 aliphatic heterocycles. The van der Waals surface area contributed by atoms with Gasteiger partial charge in [0.15, 0.2) is 16.6 Å². The molecule has 15 nitrogen and oxygen atoms in total. The summed E-state index contributed by atoms with van der Waals surface area (Å²) in [6, 6.07) is 42.0. The van der Waals surface area contributed by atoms with Crippen LogP contribution >= 0.6 is 11.3 Å². The first-order valence-corrected chi connectivity index (χ1v) is 21.8. The Bertz CT molecular complexity index is 3470. The molecule has 0 saturated carbocycles. The first-order chi connectivity index (χ1) is 29.8. The van der Waals surface area contributed by atoms with Crippen LogP contribution in [0.5, 0.6) is 0 Å². The van der Waals surface area contributed by atoms with Crippen molar-refractivity contribution in [3.8, 4) is 23.3 Å². The summed E-state index contributed by atoms with van der Waals surface area (Å²) in [4.78, 5) is 3.70. The van der Waals surface area contributed by atoms with E-state index in [0.717, 1.165) is 57.1 Å². The second-order valence-corrected chi connectivity index (χ2v) is 17.2. The summed E-state index contributed by atoms with van der Waals surface area (Å²) in [5.74, 6) is 0.0211. The molecule has 0 bridgehead atoms. The van der Waals surface area contributed by atoms with Crippen LogP contribution in [0, 0.1) is 35.7 Å². The van der Waals surface area contributed by atoms with Gasteiger partial charge < -0.3 is 19.7 Å². The number of pyridine rings is 1. The molecule has 8 rings (SSSR count). The van der Waals surface area contributed by atoms with E-state index in [0.29, 0.717) is 21.8 Å². The normalized spacial score (nSPS) is 11.3. The van der Waals surface area contributed by atoms with Gasteiger partial charge in [-0.3, -0.25) is 0 Å². The third kappa shape index (κ3) is 11.1. The van der Waals surface area contributed by atoms with Gasteiger partial charge in [-0.1, -0.05) is 53.8 Å². The van der Waals surface area contributed by atoms with Crippen LogP contribution in [-0.2, 0) is 20.2 Å². The number of fused-ring (bicyclic) bond motifs is 2. The third-order valence-electron chi connectivity index (χ3n) is 9.52. The standard InChI is InChI=1S/C44H28N9O6S3.3Li/c1-26-37(24-45)41(47-32-14-18-35(19-15-32)61(54,55)56)49-42(48-33-16-20-36(21-17-33)62(57,58)59)40(26)51-52-43-38(25-46)39(31-11-10-27-6-2-4-8-29(27)22-31)44(60-43)53-50-34-13-12-28-7-3-5-9-30(28)23-34;;;/h2,4-23H,1H3,(H2,47,48,49)(H,54,55,56)(H,57,58,59);;;/q-1;3*+1/p-2. The Morgan fingerprint density at radius 2 is 1.20 bits per heavy atom. The maximum Gasteiger partial charge on any atom is 1.00 e. The fourth-order valence-corrected chi connectivity index (χ4v) is 8.31. The fourth-order valence-electron chi connectivity index (χ4n) is 6.45. The van der Waals surface area contributed by atoms with E-state index < -0.39 is 30.0 Å². The Labute approximate surface area is 413 Å². The minimum Gasteiger partial charge on any atom is -0.744 e. The van der Waals surface area contributed by atoms with E-state index in [1.54, 1.807) is 6.92 Å². The zero-order valence-electron chi connectivity index (χ0n) is 34.9. The number of nitrogens with zero attached hydrogens (tertiary/aromatic N) is 7. The molecule has 0 aliphatic carbocycles. The number of hydrogen-bond donors (Lipinski definition) is 2. The zero-order valence-corrected chi connectivity index (χ0v) is 37.4. The molecular formula is C44H26Li3N9O6S3. The number of benzene rings is 6. The van der Waals surface area contributed by atoms with Crippen molar-refractivity contribution in [2.75, 3.05) is 10.6 Å². The zero-order chi connectivity index (χ0) is 43.6. The van der Waals surface area contributed by atoms with Crippen molar-refractivity contribution in [3.05, 3.63) is 150 Å². The summed E-state index contributed by atoms with van der Waals surface area (Å²) in [7, 11) is -9.47. The van der Waals surface area contributed by atoms with Gasteiger partial charge in [-0.25, -0.2) is 21.8 Å². The van der Waals surface area contributed by atoms with Crippen LogP contribution in [0.2, 0.25) is 0 Å². The van der Waals surface area contributed by atoms with Crippen LogP contribution in [0.1, 0.15) is 16.7 Å². The van der Waals surface area contributed by atoms with Gasteiger partial charge >= 0.3 is 56.6 Å². The van der Waals surface area contributed by atoms with Gasteiger partial charge in [-0.05, 0) is 83.9 Å². The molecule has 2 N–H and O–H groups in total. The third-order valence-corrected chi connectivity index (χ3v) is 12.2. The number of azo groups is 2. The molecule has 0 atom stereocenters. The van der Waals surface area contributed by atoms with Crippen molar-refractivity contribution >= 4 is 97.5 Å². The Morgan fingerprint density at radius 3 is 1.82 bits per heavy atom. The van der Waals surface area contributed by atoms with Crippen LogP contribution in [-0.4, -0.2) is 30.9 Å². The number of nitriles is 2. The van der Waals surface area contributed by atoms with Crippen LogP contribution in [0.25, 0.3) is 32.7 Å². The van der Waals surface area contributed by atoms with Gasteiger partial charge in [0, 0.05) is 22.5 Å². The van der Waals surface area contributed by atoms with E-state index in [1.165, 1.54) is 24.3 Å². The van der Waals surface area contributed by atoms with Crippen LogP contribution in [0.4, 0.5) is 44.4 Å². The van der Waals surface area contributed by atoms with Gasteiger partial charge in [0.1, 0.15) is 48.6 Å². The van der Waals surface area contributed by atoms with Crippen molar-refractivity contribution in [1.29, 1.82) is 10.5 Å². The number of hydrogen-bond acceptors (Lipinski definition) is 16. The Morgan fingerprint density at radius 1 is 0.631 bits per heavy atom. The van der Waals surface area contributed by atoms with Crippen LogP contribution < -0.4 is 67.2 Å². The summed E-state index contributed by atoms with van der Waals surface area (Å²) >= 11 is 1.07. The van der Waals surface area contributed by atoms with Crippen molar-refractivity contribution in [2.24, 2.45) is 20.5 Å². The van der Waals surface area contributed by atoms with E-state index >= 15 is 0 Å². The summed E-state index contributed by atoms with van der Waals surface area (Å²) in [6.07, 6.45) is 0. The van der Waals surface area contributed by atoms with Gasteiger partial charge in [0.2, 0.25) is 0 Å². The Balaban J connectivity index is 0.00000264. The summed E-state index contributed by atoms with van der Waals surface area (Å²) in [5, 5.41) is 49.7. The number of nitrogens with one attached hydrogen (secondary N) is 2. The Hall–Kier alpha value is -5.92. The summed E-state index contributed by atoms with van der Waals surface area (Å²) in [6.45, 7) is 1.59. The number of anilines is 4. The number of thiophene rings is 1. The van der Waals surface area contributed by atoms with E-state index in [-0.39, 0.29) is 107 Å². The first-order valence-electron chi connectivity index (χ1n) is 18.2. The van der Waals surface area contributed by atoms with Crippen LogP contribution in [0.15, 0.2) is 158 Å². The van der Waals surface area contributed by atoms with Gasteiger partial charge in [0.25, 0.3) is 0 Å². The molecule has 0 unspecified atom stereocenters. The molecule has 6 aromatic carbocycles. The molecule has 304 valence electrons. The van der Waals surface area contributed by atoms with E-state index in [1.807, 2.05) is 78.9 Å². The largest absolute Gasteiger partial charge is 1.00 e. The van der Waals surface area contributed by atoms with E-state index in [2.05, 4.69) is 54.3 Å². The molecule has 0 saturated heterocycles. The maximum atomic E-state index is 11.6. The molecular weight excluding hydrogens is 868 g/mol. The van der Waals surface area contributed by atoms with Crippen molar-refractivity contribution < 1.29 is 82.5 Å². The predicted octanol–water partition coefficient (Wildman–Crippen LogP) is 2.11. The molecule has 2 heterocycles. The monoisotopic (exact) mass is 893 g/mol. The van der Waals surface area contributed by atoms with Crippen molar-refractivity contribution in [3.63, 3.8) is 0 Å². The molecule has 0 radical (unpaired) electrons. The van der Waals surface area contributed by atoms with Crippen molar-refractivity contribution in [1.82, 2.24) is 4.98 Å². The molecule has 65 heavy (non-hydrogen) atoms. The van der Waals surface area contributed by atoms with Gasteiger partial charge in [0.05, 0.1) is 21.0 Å². The van der Waals surface area contributed by atoms with E-state index in [9.17, 15) is 36.5 Å². The molecule has 0 fully saturated rings. The minimum absolute atomic E-state index is 0. The predicted molar refractivity (Wildman–Crippen MR) is 232 cm³/mol. The minimum atomic E-state index is -4.75. The molecule has 8 aromatic rings. The first kappa shape index (κ1) is 50.1. The second-order valence-electron chi connectivity index (χ2n) is 13.5. The smallest absolute Gasteiger partial charge is 0.744 e. The summed E-state index contributed by atoms with van der Waals surface area (Å²) in [5.41, 5.74) is 2.81. The van der Waals surface area contributed by atoms with Gasteiger partial charge in [-0.15, -0.1) is 37.3 Å². The number of aromatic nitrogens is 1. The van der Waals surface area contributed by atoms with E-state index in [4.69, 9.17) is 0 Å². The Kier molecular flexibility index (Phi) is 16.1. The molecule has 0 amide bonds. The fraction of sp³-hybridized carbons (Fsp3) is 0.0227. The average Bonchev–Trinajstić information content (AvgIpc) is 3.62.